The van der Waals surface area contributed by atoms with E-state index in [-0.39, 0.29) is 23.7 Å². The zero-order valence-corrected chi connectivity index (χ0v) is 16.7. The lowest BCUT2D eigenvalue weighted by molar-refractivity contribution is -0.137. The number of pyridine rings is 2. The van der Waals surface area contributed by atoms with E-state index in [1.54, 1.807) is 30.3 Å². The van der Waals surface area contributed by atoms with Crippen molar-refractivity contribution >= 4 is 34.5 Å². The van der Waals surface area contributed by atoms with Gasteiger partial charge in [0.1, 0.15) is 17.8 Å². The molecule has 0 atom stereocenters. The second kappa shape index (κ2) is 8.45. The molecule has 7 nitrogen and oxygen atoms in total. The Bertz CT molecular complexity index is 1140. The van der Waals surface area contributed by atoms with Gasteiger partial charge in [0, 0.05) is 23.2 Å². The first-order valence-electron chi connectivity index (χ1n) is 9.04. The molecule has 2 N–H and O–H groups in total. The first-order chi connectivity index (χ1) is 13.8. The fourth-order valence-electron chi connectivity index (χ4n) is 3.12. The highest BCUT2D eigenvalue weighted by Crippen LogP contribution is 2.24. The molecule has 3 aromatic rings. The van der Waals surface area contributed by atoms with Crippen LogP contribution in [0.15, 0.2) is 47.4 Å². The highest BCUT2D eigenvalue weighted by atomic mass is 35.5. The minimum absolute atomic E-state index is 0.0984. The predicted octanol–water partition coefficient (Wildman–Crippen LogP) is 3.19. The van der Waals surface area contributed by atoms with Crippen molar-refractivity contribution in [3.8, 4) is 0 Å². The third-order valence-electron chi connectivity index (χ3n) is 4.55. The molecule has 2 heterocycles. The van der Waals surface area contributed by atoms with E-state index in [1.165, 1.54) is 12.3 Å². The summed E-state index contributed by atoms with van der Waals surface area (Å²) in [4.78, 5) is 41.1. The summed E-state index contributed by atoms with van der Waals surface area (Å²) in [5.74, 6) is -1.67. The number of rotatable bonds is 6. The summed E-state index contributed by atoms with van der Waals surface area (Å²) in [6.45, 7) is 3.57. The number of carboxylic acid groups (broad SMARTS) is 1. The molecule has 2 aromatic heterocycles. The number of carbonyl (C=O) groups is 2. The van der Waals surface area contributed by atoms with Crippen LogP contribution >= 0.6 is 11.6 Å². The standard InChI is InChI=1S/C21H20ClN3O4/c1-12(2)15-7-8-23-19-16(15)9-17(21(29)25(19)11-18(26)27)20(28)24-10-13-3-5-14(22)6-4-13/h3-9,12H,10-11H2,1-2H3,(H,24,28)(H,26,27). The summed E-state index contributed by atoms with van der Waals surface area (Å²) in [5.41, 5.74) is 1.13. The number of halogens is 1. The fourth-order valence-corrected chi connectivity index (χ4v) is 3.24. The minimum Gasteiger partial charge on any atom is -0.480 e. The molecule has 0 saturated carbocycles. The molecular formula is C21H20ClN3O4. The molecule has 0 aliphatic carbocycles. The van der Waals surface area contributed by atoms with E-state index in [2.05, 4.69) is 10.3 Å². The Hall–Kier alpha value is -3.19. The van der Waals surface area contributed by atoms with Gasteiger partial charge in [0.25, 0.3) is 11.5 Å². The zero-order chi connectivity index (χ0) is 21.1. The van der Waals surface area contributed by atoms with E-state index < -0.39 is 24.0 Å². The van der Waals surface area contributed by atoms with Gasteiger partial charge in [-0.2, -0.15) is 0 Å². The summed E-state index contributed by atoms with van der Waals surface area (Å²) < 4.78 is 1.03. The Morgan fingerprint density at radius 3 is 2.52 bits per heavy atom. The maximum absolute atomic E-state index is 12.9. The SMILES string of the molecule is CC(C)c1ccnc2c1cc(C(=O)NCc1ccc(Cl)cc1)c(=O)n2CC(=O)O. The van der Waals surface area contributed by atoms with Crippen LogP contribution in [0.25, 0.3) is 11.0 Å². The first kappa shape index (κ1) is 20.5. The van der Waals surface area contributed by atoms with E-state index in [0.717, 1.165) is 15.7 Å². The molecule has 0 spiro atoms. The molecule has 0 fully saturated rings. The van der Waals surface area contributed by atoms with Gasteiger partial charge < -0.3 is 10.4 Å². The number of fused-ring (bicyclic) bond motifs is 1. The molecule has 1 aromatic carbocycles. The summed E-state index contributed by atoms with van der Waals surface area (Å²) in [5, 5.41) is 13.1. The van der Waals surface area contributed by atoms with Gasteiger partial charge in [-0.1, -0.05) is 37.6 Å². The highest BCUT2D eigenvalue weighted by Gasteiger charge is 2.20. The van der Waals surface area contributed by atoms with Crippen LogP contribution in [0.1, 0.15) is 41.3 Å². The van der Waals surface area contributed by atoms with Gasteiger partial charge in [-0.3, -0.25) is 19.0 Å². The number of benzene rings is 1. The van der Waals surface area contributed by atoms with E-state index >= 15 is 0 Å². The number of amides is 1. The van der Waals surface area contributed by atoms with Crippen LogP contribution in [0, 0.1) is 0 Å². The highest BCUT2D eigenvalue weighted by molar-refractivity contribution is 6.30. The molecule has 0 saturated heterocycles. The van der Waals surface area contributed by atoms with Gasteiger partial charge in [0.2, 0.25) is 0 Å². The van der Waals surface area contributed by atoms with Gasteiger partial charge in [0.15, 0.2) is 0 Å². The van der Waals surface area contributed by atoms with Crippen molar-refractivity contribution in [3.63, 3.8) is 0 Å². The molecule has 29 heavy (non-hydrogen) atoms. The van der Waals surface area contributed by atoms with Crippen LogP contribution in [0.4, 0.5) is 0 Å². The molecule has 0 bridgehead atoms. The van der Waals surface area contributed by atoms with Crippen molar-refractivity contribution in [2.24, 2.45) is 0 Å². The number of hydrogen-bond acceptors (Lipinski definition) is 4. The summed E-state index contributed by atoms with van der Waals surface area (Å²) in [7, 11) is 0. The van der Waals surface area contributed by atoms with Gasteiger partial charge in [-0.15, -0.1) is 0 Å². The molecule has 0 aliphatic heterocycles. The van der Waals surface area contributed by atoms with E-state index in [9.17, 15) is 19.5 Å². The van der Waals surface area contributed by atoms with Crippen molar-refractivity contribution in [1.29, 1.82) is 0 Å². The molecule has 0 radical (unpaired) electrons. The first-order valence-corrected chi connectivity index (χ1v) is 9.42. The van der Waals surface area contributed by atoms with Crippen LogP contribution in [0.2, 0.25) is 5.02 Å². The maximum atomic E-state index is 12.9. The van der Waals surface area contributed by atoms with E-state index in [4.69, 9.17) is 11.6 Å². The van der Waals surface area contributed by atoms with Gasteiger partial charge in [-0.25, -0.2) is 4.98 Å². The van der Waals surface area contributed by atoms with Gasteiger partial charge in [-0.05, 0) is 41.3 Å². The van der Waals surface area contributed by atoms with Crippen molar-refractivity contribution in [2.45, 2.75) is 32.9 Å². The van der Waals surface area contributed by atoms with Crippen LogP contribution < -0.4 is 10.9 Å². The molecule has 0 unspecified atom stereocenters. The lowest BCUT2D eigenvalue weighted by Crippen LogP contribution is -2.34. The zero-order valence-electron chi connectivity index (χ0n) is 16.0. The lowest BCUT2D eigenvalue weighted by Gasteiger charge is -2.15. The number of nitrogens with one attached hydrogen (secondary N) is 1. The fraction of sp³-hybridized carbons (Fsp3) is 0.238. The van der Waals surface area contributed by atoms with Crippen molar-refractivity contribution in [3.05, 3.63) is 74.7 Å². The average Bonchev–Trinajstić information content (AvgIpc) is 2.68. The average molecular weight is 414 g/mol. The molecule has 8 heteroatoms. The summed E-state index contributed by atoms with van der Waals surface area (Å²) in [6, 6.07) is 10.3. The van der Waals surface area contributed by atoms with Crippen LogP contribution in [-0.4, -0.2) is 26.5 Å². The maximum Gasteiger partial charge on any atom is 0.323 e. The van der Waals surface area contributed by atoms with Crippen LogP contribution in [0.5, 0.6) is 0 Å². The largest absolute Gasteiger partial charge is 0.480 e. The number of aromatic nitrogens is 2. The molecular weight excluding hydrogens is 394 g/mol. The summed E-state index contributed by atoms with van der Waals surface area (Å²) >= 11 is 5.86. The topological polar surface area (TPSA) is 101 Å². The van der Waals surface area contributed by atoms with Crippen LogP contribution in [0.3, 0.4) is 0 Å². The Kier molecular flexibility index (Phi) is 5.98. The Labute approximate surface area is 172 Å². The Morgan fingerprint density at radius 2 is 1.90 bits per heavy atom. The van der Waals surface area contributed by atoms with Gasteiger partial charge in [0.05, 0.1) is 0 Å². The third-order valence-corrected chi connectivity index (χ3v) is 4.80. The van der Waals surface area contributed by atoms with E-state index in [1.807, 2.05) is 13.8 Å². The Morgan fingerprint density at radius 1 is 1.21 bits per heavy atom. The molecule has 1 amide bonds. The molecule has 3 rings (SSSR count). The molecule has 150 valence electrons. The van der Waals surface area contributed by atoms with Crippen molar-refractivity contribution in [1.82, 2.24) is 14.9 Å². The number of nitrogens with zero attached hydrogens (tertiary/aromatic N) is 2. The predicted molar refractivity (Wildman–Crippen MR) is 110 cm³/mol. The third kappa shape index (κ3) is 4.46. The Balaban J connectivity index is 2.06. The molecule has 0 aliphatic rings. The lowest BCUT2D eigenvalue weighted by atomic mass is 9.99. The number of carbonyl (C=O) groups excluding carboxylic acids is 1. The van der Waals surface area contributed by atoms with Crippen molar-refractivity contribution in [2.75, 3.05) is 0 Å². The minimum atomic E-state index is -1.19. The summed E-state index contributed by atoms with van der Waals surface area (Å²) in [6.07, 6.45) is 1.54. The van der Waals surface area contributed by atoms with Crippen LogP contribution in [-0.2, 0) is 17.9 Å². The quantitative estimate of drug-likeness (QED) is 0.646. The monoisotopic (exact) mass is 413 g/mol. The normalized spacial score (nSPS) is 11.0. The smallest absolute Gasteiger partial charge is 0.323 e. The van der Waals surface area contributed by atoms with Gasteiger partial charge >= 0.3 is 5.97 Å². The van der Waals surface area contributed by atoms with E-state index in [0.29, 0.717) is 10.4 Å². The second-order valence-corrected chi connectivity index (χ2v) is 7.38. The second-order valence-electron chi connectivity index (χ2n) is 6.94. The van der Waals surface area contributed by atoms with Crippen molar-refractivity contribution < 1.29 is 14.7 Å². The number of hydrogen-bond donors (Lipinski definition) is 2. The number of carboxylic acids is 1. The number of aliphatic carboxylic acids is 1.